The monoisotopic (exact) mass is 365 g/mol. The SMILES string of the molecule is N#Cc1cccnc1OC1CCC(NC(=O)c2ccc3n2CCNC3)CC1. The van der Waals surface area contributed by atoms with E-state index in [0.717, 1.165) is 56.7 Å². The van der Waals surface area contributed by atoms with Crippen LogP contribution >= 0.6 is 0 Å². The van der Waals surface area contributed by atoms with Crippen LogP contribution in [0.1, 0.15) is 47.4 Å². The zero-order valence-corrected chi connectivity index (χ0v) is 15.1. The van der Waals surface area contributed by atoms with Crippen molar-refractivity contribution in [2.75, 3.05) is 6.54 Å². The number of aromatic nitrogens is 2. The van der Waals surface area contributed by atoms with Gasteiger partial charge >= 0.3 is 0 Å². The average molecular weight is 365 g/mol. The molecule has 140 valence electrons. The van der Waals surface area contributed by atoms with Crippen molar-refractivity contribution in [1.82, 2.24) is 20.2 Å². The smallest absolute Gasteiger partial charge is 0.268 e. The van der Waals surface area contributed by atoms with Gasteiger partial charge in [-0.05, 0) is 49.9 Å². The predicted octanol–water partition coefficient (Wildman–Crippen LogP) is 1.98. The highest BCUT2D eigenvalue weighted by Gasteiger charge is 2.26. The molecule has 2 aromatic heterocycles. The molecular weight excluding hydrogens is 342 g/mol. The minimum Gasteiger partial charge on any atom is -0.473 e. The van der Waals surface area contributed by atoms with E-state index in [4.69, 9.17) is 10.00 Å². The quantitative estimate of drug-likeness (QED) is 0.864. The molecule has 0 bridgehead atoms. The number of nitrogens with one attached hydrogen (secondary N) is 2. The first kappa shape index (κ1) is 17.6. The molecule has 2 aliphatic rings. The maximum absolute atomic E-state index is 12.7. The highest BCUT2D eigenvalue weighted by molar-refractivity contribution is 5.93. The molecule has 2 N–H and O–H groups in total. The lowest BCUT2D eigenvalue weighted by molar-refractivity contribution is 0.0880. The third-order valence-electron chi connectivity index (χ3n) is 5.30. The molecule has 1 fully saturated rings. The van der Waals surface area contributed by atoms with Crippen LogP contribution in [-0.2, 0) is 13.1 Å². The molecule has 0 spiro atoms. The van der Waals surface area contributed by atoms with Gasteiger partial charge in [-0.25, -0.2) is 4.98 Å². The number of nitrogens with zero attached hydrogens (tertiary/aromatic N) is 3. The van der Waals surface area contributed by atoms with E-state index in [2.05, 4.69) is 26.3 Å². The Bertz CT molecular complexity index is 861. The zero-order chi connectivity index (χ0) is 18.6. The van der Waals surface area contributed by atoms with Crippen molar-refractivity contribution in [2.24, 2.45) is 0 Å². The Morgan fingerprint density at radius 2 is 2.15 bits per heavy atom. The topological polar surface area (TPSA) is 92.0 Å². The number of nitriles is 1. The lowest BCUT2D eigenvalue weighted by Gasteiger charge is -2.29. The van der Waals surface area contributed by atoms with Gasteiger partial charge in [-0.15, -0.1) is 0 Å². The zero-order valence-electron chi connectivity index (χ0n) is 15.1. The van der Waals surface area contributed by atoms with Gasteiger partial charge in [0.05, 0.1) is 0 Å². The summed E-state index contributed by atoms with van der Waals surface area (Å²) in [5, 5.41) is 15.6. The van der Waals surface area contributed by atoms with Gasteiger partial charge in [0.25, 0.3) is 5.91 Å². The first-order valence-electron chi connectivity index (χ1n) is 9.46. The van der Waals surface area contributed by atoms with E-state index >= 15 is 0 Å². The van der Waals surface area contributed by atoms with E-state index in [1.165, 1.54) is 0 Å². The van der Waals surface area contributed by atoms with Crippen molar-refractivity contribution in [2.45, 2.75) is 50.9 Å². The summed E-state index contributed by atoms with van der Waals surface area (Å²) < 4.78 is 8.02. The van der Waals surface area contributed by atoms with Crippen molar-refractivity contribution in [3.63, 3.8) is 0 Å². The van der Waals surface area contributed by atoms with Crippen LogP contribution in [0.5, 0.6) is 5.88 Å². The second kappa shape index (κ2) is 7.80. The molecule has 0 atom stereocenters. The summed E-state index contributed by atoms with van der Waals surface area (Å²) >= 11 is 0. The molecule has 0 aromatic carbocycles. The summed E-state index contributed by atoms with van der Waals surface area (Å²) in [7, 11) is 0. The third kappa shape index (κ3) is 3.81. The number of fused-ring (bicyclic) bond motifs is 1. The van der Waals surface area contributed by atoms with Crippen LogP contribution in [0.4, 0.5) is 0 Å². The molecule has 7 nitrogen and oxygen atoms in total. The van der Waals surface area contributed by atoms with Crippen molar-refractivity contribution < 1.29 is 9.53 Å². The van der Waals surface area contributed by atoms with Crippen LogP contribution in [0.15, 0.2) is 30.5 Å². The lowest BCUT2D eigenvalue weighted by atomic mass is 9.93. The number of hydrogen-bond donors (Lipinski definition) is 2. The Morgan fingerprint density at radius 1 is 1.30 bits per heavy atom. The molecule has 0 unspecified atom stereocenters. The molecule has 27 heavy (non-hydrogen) atoms. The van der Waals surface area contributed by atoms with Crippen molar-refractivity contribution in [3.05, 3.63) is 47.4 Å². The number of carbonyl (C=O) groups excluding carboxylic acids is 1. The van der Waals surface area contributed by atoms with Crippen LogP contribution in [0.2, 0.25) is 0 Å². The molecule has 2 aromatic rings. The molecule has 4 rings (SSSR count). The van der Waals surface area contributed by atoms with E-state index in [0.29, 0.717) is 11.4 Å². The number of ether oxygens (including phenoxy) is 1. The van der Waals surface area contributed by atoms with E-state index in [-0.39, 0.29) is 18.1 Å². The Labute approximate surface area is 158 Å². The number of pyridine rings is 1. The van der Waals surface area contributed by atoms with Gasteiger partial charge in [0.15, 0.2) is 0 Å². The molecule has 1 aliphatic heterocycles. The fourth-order valence-electron chi connectivity index (χ4n) is 3.85. The van der Waals surface area contributed by atoms with Crippen molar-refractivity contribution >= 4 is 5.91 Å². The summed E-state index contributed by atoms with van der Waals surface area (Å²) in [5.74, 6) is 0.407. The second-order valence-electron chi connectivity index (χ2n) is 7.07. The normalized spacial score (nSPS) is 21.7. The second-order valence-corrected chi connectivity index (χ2v) is 7.07. The van der Waals surface area contributed by atoms with Crippen LogP contribution < -0.4 is 15.4 Å². The molecular formula is C20H23N5O2. The summed E-state index contributed by atoms with van der Waals surface area (Å²) in [6.45, 7) is 2.54. The van der Waals surface area contributed by atoms with E-state index in [9.17, 15) is 4.79 Å². The predicted molar refractivity (Wildman–Crippen MR) is 99.2 cm³/mol. The van der Waals surface area contributed by atoms with E-state index < -0.39 is 0 Å². The lowest BCUT2D eigenvalue weighted by Crippen LogP contribution is -2.41. The Hall–Kier alpha value is -2.85. The fourth-order valence-corrected chi connectivity index (χ4v) is 3.85. The van der Waals surface area contributed by atoms with Crippen LogP contribution in [0.25, 0.3) is 0 Å². The van der Waals surface area contributed by atoms with E-state index in [1.807, 2.05) is 12.1 Å². The van der Waals surface area contributed by atoms with Gasteiger partial charge in [-0.2, -0.15) is 5.26 Å². The maximum atomic E-state index is 12.7. The molecule has 3 heterocycles. The number of hydrogen-bond acceptors (Lipinski definition) is 5. The van der Waals surface area contributed by atoms with Crippen LogP contribution in [-0.4, -0.2) is 34.1 Å². The van der Waals surface area contributed by atoms with Crippen LogP contribution in [0.3, 0.4) is 0 Å². The molecule has 1 aliphatic carbocycles. The Morgan fingerprint density at radius 3 is 2.96 bits per heavy atom. The Balaban J connectivity index is 1.31. The highest BCUT2D eigenvalue weighted by Crippen LogP contribution is 2.25. The van der Waals surface area contributed by atoms with Crippen LogP contribution in [0, 0.1) is 11.3 Å². The molecule has 7 heteroatoms. The summed E-state index contributed by atoms with van der Waals surface area (Å²) in [4.78, 5) is 16.8. The Kier molecular flexibility index (Phi) is 5.07. The number of rotatable bonds is 4. The maximum Gasteiger partial charge on any atom is 0.268 e. The summed E-state index contributed by atoms with van der Waals surface area (Å²) in [6, 6.07) is 9.64. The fraction of sp³-hybridized carbons (Fsp3) is 0.450. The molecule has 0 radical (unpaired) electrons. The van der Waals surface area contributed by atoms with Gasteiger partial charge in [0.1, 0.15) is 23.4 Å². The number of carbonyl (C=O) groups is 1. The third-order valence-corrected chi connectivity index (χ3v) is 5.30. The largest absolute Gasteiger partial charge is 0.473 e. The molecule has 1 saturated carbocycles. The van der Waals surface area contributed by atoms with Gasteiger partial charge < -0.3 is 19.9 Å². The van der Waals surface area contributed by atoms with Gasteiger partial charge in [-0.1, -0.05) is 0 Å². The summed E-state index contributed by atoms with van der Waals surface area (Å²) in [6.07, 6.45) is 5.06. The van der Waals surface area contributed by atoms with E-state index in [1.54, 1.807) is 18.3 Å². The first-order valence-corrected chi connectivity index (χ1v) is 9.46. The standard InChI is InChI=1S/C20H23N5O2/c21-12-14-2-1-9-23-20(14)27-17-6-3-15(4-7-17)24-19(26)18-8-5-16-13-22-10-11-25(16)18/h1-2,5,8-9,15,17,22H,3-4,6-7,10-11,13H2,(H,24,26). The average Bonchev–Trinajstić information content (AvgIpc) is 3.14. The minimum atomic E-state index is 0.00371. The van der Waals surface area contributed by atoms with Crippen molar-refractivity contribution in [1.29, 1.82) is 5.26 Å². The number of amides is 1. The first-order chi connectivity index (χ1) is 13.2. The van der Waals surface area contributed by atoms with Crippen molar-refractivity contribution in [3.8, 4) is 11.9 Å². The highest BCUT2D eigenvalue weighted by atomic mass is 16.5. The molecule has 0 saturated heterocycles. The minimum absolute atomic E-state index is 0.00371. The van der Waals surface area contributed by atoms with Gasteiger partial charge in [0, 0.05) is 37.6 Å². The summed E-state index contributed by atoms with van der Waals surface area (Å²) in [5.41, 5.74) is 2.37. The molecule has 1 amide bonds. The van der Waals surface area contributed by atoms with Gasteiger partial charge in [0.2, 0.25) is 5.88 Å². The van der Waals surface area contributed by atoms with Gasteiger partial charge in [-0.3, -0.25) is 4.79 Å².